The molecule has 1 aromatic carbocycles. The minimum Gasteiger partial charge on any atom is -0.336 e. The molecule has 1 rings (SSSR count). The van der Waals surface area contributed by atoms with E-state index in [1.165, 1.54) is 0 Å². The highest BCUT2D eigenvalue weighted by Gasteiger charge is 2.03. The van der Waals surface area contributed by atoms with E-state index in [0.29, 0.717) is 6.54 Å². The lowest BCUT2D eigenvalue weighted by Gasteiger charge is -2.12. The molecule has 0 bridgehead atoms. The van der Waals surface area contributed by atoms with Crippen LogP contribution in [0.5, 0.6) is 0 Å². The molecule has 0 radical (unpaired) electrons. The molecule has 0 aliphatic rings. The average Bonchev–Trinajstić information content (AvgIpc) is 2.28. The van der Waals surface area contributed by atoms with Gasteiger partial charge in [-0.1, -0.05) is 35.0 Å². The fraction of sp³-hybridized carbons (Fsp3) is 0.417. The second-order valence-electron chi connectivity index (χ2n) is 3.76. The Kier molecular flexibility index (Phi) is 5.32. The number of carbonyl (C=O) groups is 1. The number of halogens is 1. The van der Waals surface area contributed by atoms with E-state index in [4.69, 9.17) is 0 Å². The lowest BCUT2D eigenvalue weighted by atomic mass is 10.2. The van der Waals surface area contributed by atoms with Gasteiger partial charge in [-0.3, -0.25) is 0 Å². The first-order chi connectivity index (χ1) is 7.61. The minimum absolute atomic E-state index is 0.114. The molecule has 3 nitrogen and oxygen atoms in total. The zero-order valence-electron chi connectivity index (χ0n) is 9.59. The molecule has 4 heteroatoms. The van der Waals surface area contributed by atoms with Gasteiger partial charge in [0.25, 0.3) is 0 Å². The lowest BCUT2D eigenvalue weighted by Crippen LogP contribution is -2.40. The average molecular weight is 285 g/mol. The van der Waals surface area contributed by atoms with Crippen LogP contribution in [0.25, 0.3) is 0 Å². The summed E-state index contributed by atoms with van der Waals surface area (Å²) in [6.07, 6.45) is 0.936. The number of benzene rings is 1. The summed E-state index contributed by atoms with van der Waals surface area (Å²) < 4.78 is 1.04. The number of hydrogen-bond acceptors (Lipinski definition) is 1. The van der Waals surface area contributed by atoms with Gasteiger partial charge in [-0.15, -0.1) is 0 Å². The van der Waals surface area contributed by atoms with Crippen LogP contribution in [0.4, 0.5) is 4.79 Å². The van der Waals surface area contributed by atoms with Gasteiger partial charge in [-0.05, 0) is 31.0 Å². The predicted octanol–water partition coefficient (Wildman–Crippen LogP) is 3.05. The molecule has 1 atom stereocenters. The van der Waals surface area contributed by atoms with Crippen molar-refractivity contribution < 1.29 is 4.79 Å². The van der Waals surface area contributed by atoms with E-state index in [1.807, 2.05) is 38.1 Å². The first kappa shape index (κ1) is 13.0. The molecule has 16 heavy (non-hydrogen) atoms. The quantitative estimate of drug-likeness (QED) is 0.877. The smallest absolute Gasteiger partial charge is 0.315 e. The Balaban J connectivity index is 2.34. The molecule has 0 aliphatic carbocycles. The molecule has 0 aliphatic heterocycles. The largest absolute Gasteiger partial charge is 0.336 e. The van der Waals surface area contributed by atoms with Crippen molar-refractivity contribution in [3.05, 3.63) is 34.3 Å². The van der Waals surface area contributed by atoms with Crippen molar-refractivity contribution >= 4 is 22.0 Å². The molecule has 0 fully saturated rings. The third-order valence-corrected chi connectivity index (χ3v) is 2.88. The van der Waals surface area contributed by atoms with E-state index in [-0.39, 0.29) is 12.1 Å². The normalized spacial score (nSPS) is 11.9. The van der Waals surface area contributed by atoms with Crippen molar-refractivity contribution in [1.29, 1.82) is 0 Å². The zero-order valence-corrected chi connectivity index (χ0v) is 11.2. The van der Waals surface area contributed by atoms with Crippen molar-refractivity contribution in [3.8, 4) is 0 Å². The van der Waals surface area contributed by atoms with E-state index < -0.39 is 0 Å². The standard InChI is InChI=1S/C12H17BrN2O/c1-3-9(2)15-12(16)14-8-10-4-6-11(13)7-5-10/h4-7,9H,3,8H2,1-2H3,(H2,14,15,16). The summed E-state index contributed by atoms with van der Waals surface area (Å²) >= 11 is 3.37. The zero-order chi connectivity index (χ0) is 12.0. The maximum atomic E-state index is 11.4. The van der Waals surface area contributed by atoms with Gasteiger partial charge in [0.2, 0.25) is 0 Å². The van der Waals surface area contributed by atoms with Crippen LogP contribution in [-0.4, -0.2) is 12.1 Å². The van der Waals surface area contributed by atoms with Crippen LogP contribution in [0, 0.1) is 0 Å². The van der Waals surface area contributed by atoms with Crippen molar-refractivity contribution in [1.82, 2.24) is 10.6 Å². The van der Waals surface area contributed by atoms with E-state index in [2.05, 4.69) is 26.6 Å². The van der Waals surface area contributed by atoms with E-state index in [9.17, 15) is 4.79 Å². The van der Waals surface area contributed by atoms with Crippen molar-refractivity contribution in [2.75, 3.05) is 0 Å². The second-order valence-corrected chi connectivity index (χ2v) is 4.68. The van der Waals surface area contributed by atoms with Gasteiger partial charge >= 0.3 is 6.03 Å². The van der Waals surface area contributed by atoms with Crippen molar-refractivity contribution in [2.24, 2.45) is 0 Å². The fourth-order valence-corrected chi connectivity index (χ4v) is 1.43. The Hall–Kier alpha value is -1.03. The molecule has 2 N–H and O–H groups in total. The van der Waals surface area contributed by atoms with Crippen LogP contribution >= 0.6 is 15.9 Å². The molecule has 0 saturated carbocycles. The summed E-state index contributed by atoms with van der Waals surface area (Å²) in [6, 6.07) is 7.98. The SMILES string of the molecule is CCC(C)NC(=O)NCc1ccc(Br)cc1. The van der Waals surface area contributed by atoms with Gasteiger partial charge in [0, 0.05) is 17.1 Å². The van der Waals surface area contributed by atoms with Gasteiger partial charge in [0.05, 0.1) is 0 Å². The van der Waals surface area contributed by atoms with Crippen LogP contribution in [0.3, 0.4) is 0 Å². The predicted molar refractivity (Wildman–Crippen MR) is 69.3 cm³/mol. The molecular weight excluding hydrogens is 268 g/mol. The number of amides is 2. The molecule has 1 unspecified atom stereocenters. The van der Waals surface area contributed by atoms with Crippen LogP contribution in [0.15, 0.2) is 28.7 Å². The highest BCUT2D eigenvalue weighted by molar-refractivity contribution is 9.10. The summed E-state index contributed by atoms with van der Waals surface area (Å²) in [5.41, 5.74) is 1.09. The number of rotatable bonds is 4. The van der Waals surface area contributed by atoms with Gasteiger partial charge in [-0.25, -0.2) is 4.79 Å². The summed E-state index contributed by atoms with van der Waals surface area (Å²) in [7, 11) is 0. The minimum atomic E-state index is -0.114. The Labute approximate surface area is 105 Å². The lowest BCUT2D eigenvalue weighted by molar-refractivity contribution is 0.237. The summed E-state index contributed by atoms with van der Waals surface area (Å²) in [5, 5.41) is 5.67. The van der Waals surface area contributed by atoms with Crippen LogP contribution in [0.2, 0.25) is 0 Å². The summed E-state index contributed by atoms with van der Waals surface area (Å²) in [4.78, 5) is 11.4. The van der Waals surface area contributed by atoms with E-state index in [0.717, 1.165) is 16.5 Å². The number of nitrogens with one attached hydrogen (secondary N) is 2. The molecule has 0 aromatic heterocycles. The highest BCUT2D eigenvalue weighted by atomic mass is 79.9. The van der Waals surface area contributed by atoms with E-state index >= 15 is 0 Å². The Morgan fingerprint density at radius 3 is 2.56 bits per heavy atom. The first-order valence-electron chi connectivity index (χ1n) is 5.40. The van der Waals surface area contributed by atoms with Gasteiger partial charge in [-0.2, -0.15) is 0 Å². The van der Waals surface area contributed by atoms with Crippen LogP contribution in [-0.2, 0) is 6.54 Å². The molecule has 0 saturated heterocycles. The molecule has 0 spiro atoms. The third-order valence-electron chi connectivity index (χ3n) is 2.36. The number of urea groups is 1. The Morgan fingerprint density at radius 1 is 1.38 bits per heavy atom. The van der Waals surface area contributed by atoms with Crippen molar-refractivity contribution in [2.45, 2.75) is 32.9 Å². The molecular formula is C12H17BrN2O. The van der Waals surface area contributed by atoms with Crippen LogP contribution < -0.4 is 10.6 Å². The van der Waals surface area contributed by atoms with E-state index in [1.54, 1.807) is 0 Å². The Bertz CT molecular complexity index is 337. The van der Waals surface area contributed by atoms with Crippen LogP contribution in [0.1, 0.15) is 25.8 Å². The molecule has 1 aromatic rings. The highest BCUT2D eigenvalue weighted by Crippen LogP contribution is 2.10. The fourth-order valence-electron chi connectivity index (χ4n) is 1.16. The Morgan fingerprint density at radius 2 is 2.00 bits per heavy atom. The van der Waals surface area contributed by atoms with Crippen molar-refractivity contribution in [3.63, 3.8) is 0 Å². The monoisotopic (exact) mass is 284 g/mol. The summed E-state index contributed by atoms with van der Waals surface area (Å²) in [6.45, 7) is 4.58. The second kappa shape index (κ2) is 6.53. The number of hydrogen-bond donors (Lipinski definition) is 2. The maximum absolute atomic E-state index is 11.4. The molecule has 88 valence electrons. The first-order valence-corrected chi connectivity index (χ1v) is 6.20. The topological polar surface area (TPSA) is 41.1 Å². The van der Waals surface area contributed by atoms with Gasteiger partial charge < -0.3 is 10.6 Å². The summed E-state index contributed by atoms with van der Waals surface area (Å²) in [5.74, 6) is 0. The van der Waals surface area contributed by atoms with Gasteiger partial charge in [0.1, 0.15) is 0 Å². The number of carbonyl (C=O) groups excluding carboxylic acids is 1. The van der Waals surface area contributed by atoms with Gasteiger partial charge in [0.15, 0.2) is 0 Å². The molecule has 2 amide bonds. The maximum Gasteiger partial charge on any atom is 0.315 e. The molecule has 0 heterocycles. The third kappa shape index (κ3) is 4.66.